The van der Waals surface area contributed by atoms with Gasteiger partial charge < -0.3 is 14.8 Å². The molecule has 0 spiro atoms. The summed E-state index contributed by atoms with van der Waals surface area (Å²) in [6, 6.07) is 8.21. The minimum atomic E-state index is -0.137. The molecule has 1 saturated heterocycles. The summed E-state index contributed by atoms with van der Waals surface area (Å²) in [5.41, 5.74) is 2.30. The third kappa shape index (κ3) is 2.71. The van der Waals surface area contributed by atoms with E-state index in [1.165, 1.54) is 12.7 Å². The van der Waals surface area contributed by atoms with Crippen LogP contribution in [0.2, 0.25) is 0 Å². The number of carbonyl (C=O) groups is 1. The molecule has 0 bridgehead atoms. The molecular formula is C14H19NO3. The van der Waals surface area contributed by atoms with Gasteiger partial charge in [0.15, 0.2) is 0 Å². The van der Waals surface area contributed by atoms with Crippen LogP contribution in [0.15, 0.2) is 24.3 Å². The molecule has 0 saturated carbocycles. The molecule has 0 aromatic heterocycles. The minimum Gasteiger partial charge on any atom is -0.469 e. The fourth-order valence-electron chi connectivity index (χ4n) is 2.51. The van der Waals surface area contributed by atoms with E-state index >= 15 is 0 Å². The van der Waals surface area contributed by atoms with Gasteiger partial charge in [-0.3, -0.25) is 4.79 Å². The summed E-state index contributed by atoms with van der Waals surface area (Å²) in [5, 5.41) is 3.26. The third-order valence-corrected chi connectivity index (χ3v) is 3.41. The molecule has 0 aliphatic carbocycles. The van der Waals surface area contributed by atoms with E-state index in [1.807, 2.05) is 12.1 Å². The molecule has 2 unspecified atom stereocenters. The van der Waals surface area contributed by atoms with Gasteiger partial charge in [0.2, 0.25) is 0 Å². The second kappa shape index (κ2) is 5.98. The fourth-order valence-corrected chi connectivity index (χ4v) is 2.51. The van der Waals surface area contributed by atoms with Crippen LogP contribution in [0.1, 0.15) is 17.0 Å². The molecular weight excluding hydrogens is 230 g/mol. The van der Waals surface area contributed by atoms with Crippen LogP contribution < -0.4 is 5.32 Å². The number of nitrogens with one attached hydrogen (secondary N) is 1. The van der Waals surface area contributed by atoms with Crippen molar-refractivity contribution in [1.29, 1.82) is 0 Å². The lowest BCUT2D eigenvalue weighted by atomic mass is 9.88. The molecule has 98 valence electrons. The molecule has 18 heavy (non-hydrogen) atoms. The van der Waals surface area contributed by atoms with Crippen LogP contribution in [-0.2, 0) is 20.9 Å². The Balaban J connectivity index is 2.19. The Labute approximate surface area is 107 Å². The number of esters is 1. The maximum absolute atomic E-state index is 11.7. The number of rotatable bonds is 4. The van der Waals surface area contributed by atoms with E-state index in [1.54, 1.807) is 7.11 Å². The predicted octanol–water partition coefficient (Wildman–Crippen LogP) is 1.31. The molecule has 1 aliphatic heterocycles. The number of carbonyl (C=O) groups excluding carboxylic acids is 1. The van der Waals surface area contributed by atoms with E-state index in [2.05, 4.69) is 17.4 Å². The first-order valence-electron chi connectivity index (χ1n) is 6.12. The van der Waals surface area contributed by atoms with Gasteiger partial charge in [0.1, 0.15) is 0 Å². The molecule has 0 radical (unpaired) electrons. The smallest absolute Gasteiger partial charge is 0.310 e. The normalized spacial score (nSPS) is 23.0. The van der Waals surface area contributed by atoms with E-state index in [-0.39, 0.29) is 17.8 Å². The summed E-state index contributed by atoms with van der Waals surface area (Å²) in [4.78, 5) is 11.7. The van der Waals surface area contributed by atoms with Crippen LogP contribution in [0.5, 0.6) is 0 Å². The Kier molecular flexibility index (Phi) is 4.33. The highest BCUT2D eigenvalue weighted by Crippen LogP contribution is 2.29. The van der Waals surface area contributed by atoms with Crippen molar-refractivity contribution >= 4 is 5.97 Å². The van der Waals surface area contributed by atoms with Gasteiger partial charge in [-0.05, 0) is 11.1 Å². The van der Waals surface area contributed by atoms with Crippen LogP contribution in [0, 0.1) is 5.92 Å². The van der Waals surface area contributed by atoms with Crippen molar-refractivity contribution in [1.82, 2.24) is 5.32 Å². The fraction of sp³-hybridized carbons (Fsp3) is 0.500. The lowest BCUT2D eigenvalue weighted by Crippen LogP contribution is -2.23. The Morgan fingerprint density at radius 2 is 2.22 bits per heavy atom. The number of ether oxygens (including phenoxy) is 2. The largest absolute Gasteiger partial charge is 0.469 e. The van der Waals surface area contributed by atoms with Crippen LogP contribution in [0.4, 0.5) is 0 Å². The van der Waals surface area contributed by atoms with Gasteiger partial charge in [0, 0.05) is 26.1 Å². The number of hydrogen-bond acceptors (Lipinski definition) is 4. The van der Waals surface area contributed by atoms with Crippen LogP contribution in [0.3, 0.4) is 0 Å². The average Bonchev–Trinajstić information content (AvgIpc) is 2.88. The highest BCUT2D eigenvalue weighted by molar-refractivity contribution is 5.74. The Morgan fingerprint density at radius 3 is 2.94 bits per heavy atom. The highest BCUT2D eigenvalue weighted by atomic mass is 16.5. The van der Waals surface area contributed by atoms with Crippen LogP contribution in [-0.4, -0.2) is 33.3 Å². The molecule has 2 rings (SSSR count). The zero-order valence-corrected chi connectivity index (χ0v) is 10.8. The quantitative estimate of drug-likeness (QED) is 0.817. The molecule has 1 N–H and O–H groups in total. The lowest BCUT2D eigenvalue weighted by Gasteiger charge is -2.17. The maximum atomic E-state index is 11.7. The maximum Gasteiger partial charge on any atom is 0.310 e. The summed E-state index contributed by atoms with van der Waals surface area (Å²) in [5.74, 6) is -0.0378. The first-order chi connectivity index (χ1) is 8.76. The van der Waals surface area contributed by atoms with Crippen molar-refractivity contribution in [3.05, 3.63) is 35.4 Å². The molecule has 4 heteroatoms. The summed E-state index contributed by atoms with van der Waals surface area (Å²) in [6.45, 7) is 2.10. The monoisotopic (exact) mass is 249 g/mol. The second-order valence-corrected chi connectivity index (χ2v) is 4.57. The van der Waals surface area contributed by atoms with Gasteiger partial charge in [-0.15, -0.1) is 0 Å². The zero-order chi connectivity index (χ0) is 13.0. The third-order valence-electron chi connectivity index (χ3n) is 3.41. The number of hydrogen-bond donors (Lipinski definition) is 1. The van der Waals surface area contributed by atoms with E-state index < -0.39 is 0 Å². The minimum absolute atomic E-state index is 0.0900. The van der Waals surface area contributed by atoms with Gasteiger partial charge in [0.05, 0.1) is 19.6 Å². The molecule has 1 aromatic rings. The van der Waals surface area contributed by atoms with Crippen molar-refractivity contribution in [3.8, 4) is 0 Å². The van der Waals surface area contributed by atoms with E-state index in [0.717, 1.165) is 12.1 Å². The summed E-state index contributed by atoms with van der Waals surface area (Å²) in [7, 11) is 3.13. The molecule has 1 aliphatic rings. The second-order valence-electron chi connectivity index (χ2n) is 4.57. The van der Waals surface area contributed by atoms with Crippen molar-refractivity contribution < 1.29 is 14.3 Å². The standard InChI is InChI=1S/C14H19NO3/c1-17-9-10-4-3-5-11(6-10)12-7-15-8-13(12)14(16)18-2/h3-6,12-13,15H,7-9H2,1-2H3. The van der Waals surface area contributed by atoms with Crippen LogP contribution >= 0.6 is 0 Å². The molecule has 1 heterocycles. The van der Waals surface area contributed by atoms with Gasteiger partial charge >= 0.3 is 5.97 Å². The van der Waals surface area contributed by atoms with Crippen LogP contribution in [0.25, 0.3) is 0 Å². The van der Waals surface area contributed by atoms with E-state index in [9.17, 15) is 4.79 Å². The van der Waals surface area contributed by atoms with Gasteiger partial charge in [-0.2, -0.15) is 0 Å². The topological polar surface area (TPSA) is 47.6 Å². The van der Waals surface area contributed by atoms with Crippen molar-refractivity contribution in [3.63, 3.8) is 0 Å². The molecule has 0 amide bonds. The summed E-state index contributed by atoms with van der Waals surface area (Å²) < 4.78 is 9.99. The molecule has 4 nitrogen and oxygen atoms in total. The average molecular weight is 249 g/mol. The highest BCUT2D eigenvalue weighted by Gasteiger charge is 2.34. The molecule has 1 fully saturated rings. The Bertz CT molecular complexity index is 419. The van der Waals surface area contributed by atoms with E-state index in [4.69, 9.17) is 9.47 Å². The zero-order valence-electron chi connectivity index (χ0n) is 10.8. The van der Waals surface area contributed by atoms with Crippen molar-refractivity contribution in [2.75, 3.05) is 27.3 Å². The number of benzene rings is 1. The molecule has 1 aromatic carbocycles. The Morgan fingerprint density at radius 1 is 1.39 bits per heavy atom. The van der Waals surface area contributed by atoms with Gasteiger partial charge in [-0.25, -0.2) is 0 Å². The first-order valence-corrected chi connectivity index (χ1v) is 6.12. The predicted molar refractivity (Wildman–Crippen MR) is 68.3 cm³/mol. The molecule has 2 atom stereocenters. The SMILES string of the molecule is COCc1cccc(C2CNCC2C(=O)OC)c1. The lowest BCUT2D eigenvalue weighted by molar-refractivity contribution is -0.145. The van der Waals surface area contributed by atoms with Crippen molar-refractivity contribution in [2.45, 2.75) is 12.5 Å². The van der Waals surface area contributed by atoms with Crippen molar-refractivity contribution in [2.24, 2.45) is 5.92 Å². The summed E-state index contributed by atoms with van der Waals surface area (Å²) >= 11 is 0. The summed E-state index contributed by atoms with van der Waals surface area (Å²) in [6.07, 6.45) is 0. The van der Waals surface area contributed by atoms with E-state index in [0.29, 0.717) is 13.2 Å². The Hall–Kier alpha value is -1.39. The number of methoxy groups -OCH3 is 2. The van der Waals surface area contributed by atoms with Gasteiger partial charge in [0.25, 0.3) is 0 Å². The van der Waals surface area contributed by atoms with Gasteiger partial charge in [-0.1, -0.05) is 24.3 Å². The first kappa shape index (κ1) is 13.1.